The molecule has 0 aliphatic carbocycles. The molecule has 4 rings (SSSR count). The summed E-state index contributed by atoms with van der Waals surface area (Å²) in [4.78, 5) is 26.8. The summed E-state index contributed by atoms with van der Waals surface area (Å²) in [6, 6.07) is 11.3. The van der Waals surface area contributed by atoms with Gasteiger partial charge in [0, 0.05) is 11.1 Å². The van der Waals surface area contributed by atoms with E-state index in [0.717, 1.165) is 6.07 Å². The predicted molar refractivity (Wildman–Crippen MR) is 96.1 cm³/mol. The third-order valence-electron chi connectivity index (χ3n) is 3.93. The van der Waals surface area contributed by atoms with Crippen LogP contribution in [-0.2, 0) is 0 Å². The molecule has 1 aliphatic rings. The SMILES string of the molecule is O=C(c1cc(=O)c2cc(Cl)cc(Cl)c2o1)N1CCOc2ccccc21. The second-order valence-corrected chi connectivity index (χ2v) is 6.36. The molecule has 2 aromatic carbocycles. The van der Waals surface area contributed by atoms with Gasteiger partial charge in [0.25, 0.3) is 5.91 Å². The fourth-order valence-electron chi connectivity index (χ4n) is 2.80. The Kier molecular flexibility index (Phi) is 3.90. The van der Waals surface area contributed by atoms with E-state index in [0.29, 0.717) is 29.6 Å². The lowest BCUT2D eigenvalue weighted by atomic mass is 10.2. The summed E-state index contributed by atoms with van der Waals surface area (Å²) in [6.07, 6.45) is 0. The molecule has 5 nitrogen and oxygen atoms in total. The number of hydrogen-bond acceptors (Lipinski definition) is 4. The summed E-state index contributed by atoms with van der Waals surface area (Å²) in [6.45, 7) is 0.711. The molecule has 2 heterocycles. The Hall–Kier alpha value is -2.50. The van der Waals surface area contributed by atoms with E-state index in [9.17, 15) is 9.59 Å². The van der Waals surface area contributed by atoms with Crippen LogP contribution in [-0.4, -0.2) is 19.1 Å². The number of amides is 1. The van der Waals surface area contributed by atoms with Crippen LogP contribution in [0.25, 0.3) is 11.0 Å². The van der Waals surface area contributed by atoms with Crippen LogP contribution in [0.15, 0.2) is 51.7 Å². The lowest BCUT2D eigenvalue weighted by Crippen LogP contribution is -2.38. The predicted octanol–water partition coefficient (Wildman–Crippen LogP) is 4.14. The van der Waals surface area contributed by atoms with Crippen molar-refractivity contribution in [2.75, 3.05) is 18.1 Å². The molecule has 1 aromatic heterocycles. The molecule has 0 atom stereocenters. The molecule has 0 N–H and O–H groups in total. The van der Waals surface area contributed by atoms with Crippen molar-refractivity contribution in [1.29, 1.82) is 0 Å². The third kappa shape index (κ3) is 2.75. The summed E-state index contributed by atoms with van der Waals surface area (Å²) in [5.74, 6) is 0.0919. The van der Waals surface area contributed by atoms with E-state index in [2.05, 4.69) is 0 Å². The number of carbonyl (C=O) groups excluding carboxylic acids is 1. The van der Waals surface area contributed by atoms with Crippen LogP contribution < -0.4 is 15.1 Å². The minimum atomic E-state index is -0.430. The highest BCUT2D eigenvalue weighted by atomic mass is 35.5. The van der Waals surface area contributed by atoms with E-state index >= 15 is 0 Å². The molecule has 126 valence electrons. The van der Waals surface area contributed by atoms with Crippen molar-refractivity contribution in [3.8, 4) is 5.75 Å². The first-order valence-electron chi connectivity index (χ1n) is 7.51. The molecule has 25 heavy (non-hydrogen) atoms. The molecule has 0 unspecified atom stereocenters. The number of halogens is 2. The fraction of sp³-hybridized carbons (Fsp3) is 0.111. The quantitative estimate of drug-likeness (QED) is 0.641. The normalized spacial score (nSPS) is 13.4. The molecule has 1 aliphatic heterocycles. The van der Waals surface area contributed by atoms with E-state index in [4.69, 9.17) is 32.4 Å². The summed E-state index contributed by atoms with van der Waals surface area (Å²) >= 11 is 12.0. The Morgan fingerprint density at radius 2 is 1.92 bits per heavy atom. The Morgan fingerprint density at radius 1 is 1.12 bits per heavy atom. The minimum Gasteiger partial charge on any atom is -0.490 e. The zero-order chi connectivity index (χ0) is 17.6. The van der Waals surface area contributed by atoms with Gasteiger partial charge in [-0.15, -0.1) is 0 Å². The standard InChI is InChI=1S/C18H11Cl2NO4/c19-10-7-11-14(22)9-16(25-17(11)12(20)8-10)18(23)21-5-6-24-15-4-2-1-3-13(15)21/h1-4,7-9H,5-6H2. The summed E-state index contributed by atoms with van der Waals surface area (Å²) in [5, 5.41) is 0.735. The topological polar surface area (TPSA) is 59.8 Å². The molecule has 7 heteroatoms. The Bertz CT molecular complexity index is 1060. The van der Waals surface area contributed by atoms with E-state index in [-0.39, 0.29) is 27.2 Å². The highest BCUT2D eigenvalue weighted by molar-refractivity contribution is 6.38. The van der Waals surface area contributed by atoms with E-state index in [1.807, 2.05) is 12.1 Å². The third-order valence-corrected chi connectivity index (χ3v) is 4.43. The lowest BCUT2D eigenvalue weighted by Gasteiger charge is -2.28. The Labute approximate surface area is 152 Å². The van der Waals surface area contributed by atoms with Gasteiger partial charge in [-0.25, -0.2) is 0 Å². The smallest absolute Gasteiger partial charge is 0.294 e. The summed E-state index contributed by atoms with van der Waals surface area (Å²) < 4.78 is 11.2. The first kappa shape index (κ1) is 16.0. The van der Waals surface area contributed by atoms with Crippen LogP contribution in [0, 0.1) is 0 Å². The van der Waals surface area contributed by atoms with Gasteiger partial charge >= 0.3 is 0 Å². The van der Waals surface area contributed by atoms with E-state index in [1.165, 1.54) is 17.0 Å². The largest absolute Gasteiger partial charge is 0.490 e. The molecular weight excluding hydrogens is 365 g/mol. The second kappa shape index (κ2) is 6.10. The van der Waals surface area contributed by atoms with E-state index in [1.54, 1.807) is 12.1 Å². The van der Waals surface area contributed by atoms with Crippen LogP contribution in [0.1, 0.15) is 10.6 Å². The average Bonchev–Trinajstić information content (AvgIpc) is 2.61. The zero-order valence-corrected chi connectivity index (χ0v) is 14.3. The molecule has 0 spiro atoms. The highest BCUT2D eigenvalue weighted by Crippen LogP contribution is 2.33. The van der Waals surface area contributed by atoms with Crippen LogP contribution in [0.2, 0.25) is 10.0 Å². The molecule has 0 saturated heterocycles. The van der Waals surface area contributed by atoms with Crippen LogP contribution in [0.5, 0.6) is 5.75 Å². The van der Waals surface area contributed by atoms with Crippen molar-refractivity contribution in [2.45, 2.75) is 0 Å². The number of nitrogens with zero attached hydrogens (tertiary/aromatic N) is 1. The first-order chi connectivity index (χ1) is 12.0. The van der Waals surface area contributed by atoms with Gasteiger partial charge in [0.2, 0.25) is 0 Å². The fourth-order valence-corrected chi connectivity index (χ4v) is 3.33. The number of hydrogen-bond donors (Lipinski definition) is 0. The lowest BCUT2D eigenvalue weighted by molar-refractivity contribution is 0.0950. The van der Waals surface area contributed by atoms with Crippen molar-refractivity contribution in [3.05, 3.63) is 68.5 Å². The van der Waals surface area contributed by atoms with Gasteiger partial charge in [0.15, 0.2) is 16.8 Å². The Balaban J connectivity index is 1.83. The van der Waals surface area contributed by atoms with Crippen molar-refractivity contribution in [3.63, 3.8) is 0 Å². The van der Waals surface area contributed by atoms with Gasteiger partial charge in [-0.05, 0) is 24.3 Å². The molecule has 1 amide bonds. The minimum absolute atomic E-state index is 0.0848. The van der Waals surface area contributed by atoms with Gasteiger partial charge in [0.05, 0.1) is 22.6 Å². The molecule has 3 aromatic rings. The van der Waals surface area contributed by atoms with Crippen molar-refractivity contribution >= 4 is 45.8 Å². The number of fused-ring (bicyclic) bond motifs is 2. The average molecular weight is 376 g/mol. The number of rotatable bonds is 1. The maximum Gasteiger partial charge on any atom is 0.294 e. The van der Waals surface area contributed by atoms with Crippen LogP contribution in [0.4, 0.5) is 5.69 Å². The maximum atomic E-state index is 12.9. The maximum absolute atomic E-state index is 12.9. The number of para-hydroxylation sites is 2. The van der Waals surface area contributed by atoms with Crippen molar-refractivity contribution < 1.29 is 13.9 Å². The number of anilines is 1. The van der Waals surface area contributed by atoms with Gasteiger partial charge in [-0.2, -0.15) is 0 Å². The van der Waals surface area contributed by atoms with Gasteiger partial charge in [-0.1, -0.05) is 35.3 Å². The van der Waals surface area contributed by atoms with Crippen LogP contribution in [0.3, 0.4) is 0 Å². The molecule has 0 bridgehead atoms. The molecular formula is C18H11Cl2NO4. The zero-order valence-electron chi connectivity index (χ0n) is 12.8. The second-order valence-electron chi connectivity index (χ2n) is 5.51. The van der Waals surface area contributed by atoms with Gasteiger partial charge in [-0.3, -0.25) is 14.5 Å². The van der Waals surface area contributed by atoms with Crippen LogP contribution >= 0.6 is 23.2 Å². The summed E-state index contributed by atoms with van der Waals surface area (Å²) in [7, 11) is 0. The molecule has 0 fully saturated rings. The number of ether oxygens (including phenoxy) is 1. The monoisotopic (exact) mass is 375 g/mol. The Morgan fingerprint density at radius 3 is 2.76 bits per heavy atom. The van der Waals surface area contributed by atoms with Crippen molar-refractivity contribution in [2.24, 2.45) is 0 Å². The van der Waals surface area contributed by atoms with Gasteiger partial charge in [0.1, 0.15) is 12.4 Å². The highest BCUT2D eigenvalue weighted by Gasteiger charge is 2.27. The molecule has 0 saturated carbocycles. The van der Waals surface area contributed by atoms with Gasteiger partial charge < -0.3 is 9.15 Å². The van der Waals surface area contributed by atoms with E-state index < -0.39 is 5.91 Å². The van der Waals surface area contributed by atoms with Crippen molar-refractivity contribution in [1.82, 2.24) is 0 Å². The first-order valence-corrected chi connectivity index (χ1v) is 8.27. The summed E-state index contributed by atoms with van der Waals surface area (Å²) in [5.41, 5.74) is 0.391. The number of carbonyl (C=O) groups is 1. The number of benzene rings is 2. The molecule has 0 radical (unpaired) electrons.